The monoisotopic (exact) mass is 325 g/mol. The summed E-state index contributed by atoms with van der Waals surface area (Å²) in [5.41, 5.74) is 0. The Morgan fingerprint density at radius 2 is 2.00 bits per heavy atom. The molecule has 0 spiro atoms. The molecule has 0 saturated carbocycles. The molecule has 6 heteroatoms. The van der Waals surface area contributed by atoms with Gasteiger partial charge in [0.1, 0.15) is 0 Å². The van der Waals surface area contributed by atoms with Gasteiger partial charge in [-0.3, -0.25) is 9.79 Å². The number of likely N-dealkylation sites (tertiary alicyclic amines) is 1. The van der Waals surface area contributed by atoms with Crippen LogP contribution in [0.2, 0.25) is 0 Å². The lowest BCUT2D eigenvalue weighted by Crippen LogP contribution is -2.41. The van der Waals surface area contributed by atoms with Crippen LogP contribution in [0, 0.1) is 5.92 Å². The zero-order chi connectivity index (χ0) is 17.1. The Hall–Kier alpha value is -1.30. The van der Waals surface area contributed by atoms with E-state index in [0.717, 1.165) is 38.7 Å². The fourth-order valence-electron chi connectivity index (χ4n) is 3.01. The van der Waals surface area contributed by atoms with Crippen molar-refractivity contribution in [3.05, 3.63) is 0 Å². The highest BCUT2D eigenvalue weighted by atomic mass is 16.2. The molecule has 1 aliphatic rings. The van der Waals surface area contributed by atoms with Gasteiger partial charge in [-0.1, -0.05) is 0 Å². The van der Waals surface area contributed by atoms with E-state index >= 15 is 0 Å². The summed E-state index contributed by atoms with van der Waals surface area (Å²) in [7, 11) is 2.18. The number of aliphatic imine (C=N–C) groups is 1. The molecule has 0 aromatic heterocycles. The molecule has 2 N–H and O–H groups in total. The molecule has 0 aromatic rings. The van der Waals surface area contributed by atoms with Crippen molar-refractivity contribution in [1.82, 2.24) is 20.4 Å². The Kier molecular flexibility index (Phi) is 9.67. The summed E-state index contributed by atoms with van der Waals surface area (Å²) in [4.78, 5) is 20.9. The van der Waals surface area contributed by atoms with E-state index in [2.05, 4.69) is 29.5 Å². The summed E-state index contributed by atoms with van der Waals surface area (Å²) in [5, 5.41) is 6.55. The number of guanidine groups is 1. The van der Waals surface area contributed by atoms with E-state index in [1.54, 1.807) is 0 Å². The Balaban J connectivity index is 2.38. The number of hydrogen-bond donors (Lipinski definition) is 2. The quantitative estimate of drug-likeness (QED) is 0.519. The van der Waals surface area contributed by atoms with E-state index in [0.29, 0.717) is 18.9 Å². The number of hydrogen-bond acceptors (Lipinski definition) is 3. The van der Waals surface area contributed by atoms with Crippen molar-refractivity contribution in [2.45, 2.75) is 40.0 Å². The van der Waals surface area contributed by atoms with Crippen molar-refractivity contribution < 1.29 is 4.79 Å². The largest absolute Gasteiger partial charge is 0.357 e. The van der Waals surface area contributed by atoms with Crippen LogP contribution >= 0.6 is 0 Å². The lowest BCUT2D eigenvalue weighted by molar-refractivity contribution is -0.130. The van der Waals surface area contributed by atoms with Crippen LogP contribution in [-0.2, 0) is 4.79 Å². The maximum absolute atomic E-state index is 12.0. The second-order valence-electron chi connectivity index (χ2n) is 6.23. The normalized spacial score (nSPS) is 19.5. The first-order chi connectivity index (χ1) is 11.1. The van der Waals surface area contributed by atoms with Gasteiger partial charge in [-0.25, -0.2) is 0 Å². The number of amides is 1. The van der Waals surface area contributed by atoms with Gasteiger partial charge in [0.05, 0.1) is 0 Å². The van der Waals surface area contributed by atoms with Gasteiger partial charge < -0.3 is 20.4 Å². The molecule has 0 bridgehead atoms. The number of nitrogens with one attached hydrogen (secondary N) is 2. The van der Waals surface area contributed by atoms with Crippen LogP contribution in [0.15, 0.2) is 4.99 Å². The van der Waals surface area contributed by atoms with Gasteiger partial charge >= 0.3 is 0 Å². The van der Waals surface area contributed by atoms with Crippen molar-refractivity contribution >= 4 is 11.9 Å². The Morgan fingerprint density at radius 1 is 1.26 bits per heavy atom. The zero-order valence-corrected chi connectivity index (χ0v) is 15.4. The Labute approximate surface area is 141 Å². The molecule has 0 aromatic carbocycles. The van der Waals surface area contributed by atoms with E-state index < -0.39 is 0 Å². The first kappa shape index (κ1) is 19.7. The van der Waals surface area contributed by atoms with Crippen LogP contribution in [0.25, 0.3) is 0 Å². The summed E-state index contributed by atoms with van der Waals surface area (Å²) in [6.07, 6.45) is 3.03. The molecule has 1 heterocycles. The number of piperidine rings is 1. The highest BCUT2D eigenvalue weighted by molar-refractivity contribution is 5.81. The molecule has 1 fully saturated rings. The van der Waals surface area contributed by atoms with Crippen LogP contribution < -0.4 is 10.6 Å². The molecular formula is C17H35N5O. The Bertz CT molecular complexity index is 368. The van der Waals surface area contributed by atoms with Crippen LogP contribution in [0.4, 0.5) is 0 Å². The summed E-state index contributed by atoms with van der Waals surface area (Å²) >= 11 is 0. The maximum atomic E-state index is 12.0. The first-order valence-corrected chi connectivity index (χ1v) is 9.09. The van der Waals surface area contributed by atoms with E-state index in [-0.39, 0.29) is 5.91 Å². The average Bonchev–Trinajstić information content (AvgIpc) is 2.54. The van der Waals surface area contributed by atoms with Crippen molar-refractivity contribution in [2.24, 2.45) is 10.9 Å². The van der Waals surface area contributed by atoms with Gasteiger partial charge in [-0.2, -0.15) is 0 Å². The summed E-state index contributed by atoms with van der Waals surface area (Å²) in [6.45, 7) is 12.3. The van der Waals surface area contributed by atoms with Gasteiger partial charge in [0.2, 0.25) is 5.91 Å². The standard InChI is InChI=1S/C17H35N5O/c1-5-18-17(19-11-10-16(23)22(6-2)7-3)20-13-15-9-8-12-21(4)14-15/h15H,5-14H2,1-4H3,(H2,18,19,20). The predicted octanol–water partition coefficient (Wildman–Crippen LogP) is 1.14. The molecule has 134 valence electrons. The number of carbonyl (C=O) groups excluding carboxylic acids is 1. The van der Waals surface area contributed by atoms with E-state index in [4.69, 9.17) is 4.99 Å². The highest BCUT2D eigenvalue weighted by Gasteiger charge is 2.16. The highest BCUT2D eigenvalue weighted by Crippen LogP contribution is 2.14. The van der Waals surface area contributed by atoms with Crippen molar-refractivity contribution in [3.8, 4) is 0 Å². The van der Waals surface area contributed by atoms with Gasteiger partial charge in [-0.15, -0.1) is 0 Å². The minimum atomic E-state index is 0.201. The number of rotatable bonds is 8. The Morgan fingerprint density at radius 3 is 2.61 bits per heavy atom. The third kappa shape index (κ3) is 7.68. The smallest absolute Gasteiger partial charge is 0.224 e. The molecule has 0 aliphatic carbocycles. The van der Waals surface area contributed by atoms with Crippen LogP contribution in [-0.4, -0.2) is 74.5 Å². The van der Waals surface area contributed by atoms with Crippen LogP contribution in [0.1, 0.15) is 40.0 Å². The lowest BCUT2D eigenvalue weighted by atomic mass is 9.99. The van der Waals surface area contributed by atoms with Gasteiger partial charge in [0.25, 0.3) is 0 Å². The van der Waals surface area contributed by atoms with Crippen molar-refractivity contribution in [2.75, 3.05) is 52.9 Å². The molecule has 6 nitrogen and oxygen atoms in total. The summed E-state index contributed by atoms with van der Waals surface area (Å²) < 4.78 is 0. The zero-order valence-electron chi connectivity index (χ0n) is 15.4. The maximum Gasteiger partial charge on any atom is 0.224 e. The van der Waals surface area contributed by atoms with Crippen LogP contribution in [0.5, 0.6) is 0 Å². The molecule has 1 rings (SSSR count). The molecule has 1 saturated heterocycles. The number of carbonyl (C=O) groups is 1. The molecule has 0 radical (unpaired) electrons. The molecule has 1 aliphatic heterocycles. The second kappa shape index (κ2) is 11.3. The minimum absolute atomic E-state index is 0.201. The van der Waals surface area contributed by atoms with E-state index in [1.165, 1.54) is 19.4 Å². The molecule has 1 atom stereocenters. The van der Waals surface area contributed by atoms with Gasteiger partial charge in [0.15, 0.2) is 5.96 Å². The molecule has 1 amide bonds. The topological polar surface area (TPSA) is 60.0 Å². The first-order valence-electron chi connectivity index (χ1n) is 9.09. The number of nitrogens with zero attached hydrogens (tertiary/aromatic N) is 3. The third-order valence-electron chi connectivity index (χ3n) is 4.32. The van der Waals surface area contributed by atoms with Crippen LogP contribution in [0.3, 0.4) is 0 Å². The molecular weight excluding hydrogens is 290 g/mol. The SMILES string of the molecule is CCNC(=NCC1CCCN(C)C1)NCCC(=O)N(CC)CC. The minimum Gasteiger partial charge on any atom is -0.357 e. The molecule has 23 heavy (non-hydrogen) atoms. The second-order valence-corrected chi connectivity index (χ2v) is 6.23. The molecule has 1 unspecified atom stereocenters. The lowest BCUT2D eigenvalue weighted by Gasteiger charge is -2.28. The third-order valence-corrected chi connectivity index (χ3v) is 4.32. The summed E-state index contributed by atoms with van der Waals surface area (Å²) in [6, 6.07) is 0. The van der Waals surface area contributed by atoms with Gasteiger partial charge in [-0.05, 0) is 53.1 Å². The van der Waals surface area contributed by atoms with Crippen molar-refractivity contribution in [3.63, 3.8) is 0 Å². The fraction of sp³-hybridized carbons (Fsp3) is 0.882. The van der Waals surface area contributed by atoms with E-state index in [1.807, 2.05) is 18.7 Å². The van der Waals surface area contributed by atoms with E-state index in [9.17, 15) is 4.79 Å². The fourth-order valence-corrected chi connectivity index (χ4v) is 3.01. The predicted molar refractivity (Wildman–Crippen MR) is 96.7 cm³/mol. The average molecular weight is 326 g/mol. The van der Waals surface area contributed by atoms with Crippen molar-refractivity contribution in [1.29, 1.82) is 0 Å². The van der Waals surface area contributed by atoms with Gasteiger partial charge in [0, 0.05) is 45.7 Å². The summed E-state index contributed by atoms with van der Waals surface area (Å²) in [5.74, 6) is 1.67.